The predicted octanol–water partition coefficient (Wildman–Crippen LogP) is 1.61. The maximum Gasteiger partial charge on any atom is 0.163 e. The third-order valence-corrected chi connectivity index (χ3v) is 7.58. The van der Waals surface area contributed by atoms with Gasteiger partial charge >= 0.3 is 0 Å². The van der Waals surface area contributed by atoms with Crippen LogP contribution in [0.25, 0.3) is 11.4 Å². The monoisotopic (exact) mass is 482 g/mol. The zero-order valence-electron chi connectivity index (χ0n) is 21.1. The highest BCUT2D eigenvalue weighted by molar-refractivity contribution is 5.64. The van der Waals surface area contributed by atoms with Crippen molar-refractivity contribution in [3.63, 3.8) is 0 Å². The number of anilines is 2. The molecule has 0 saturated carbocycles. The van der Waals surface area contributed by atoms with Gasteiger partial charge in [-0.05, 0) is 45.5 Å². The molecule has 3 aliphatic rings. The fraction of sp³-hybridized carbons (Fsp3) is 0.615. The lowest BCUT2D eigenvalue weighted by Crippen LogP contribution is -2.45. The summed E-state index contributed by atoms with van der Waals surface area (Å²) in [5.74, 6) is 3.35. The largest absolute Gasteiger partial charge is 0.491 e. The normalized spacial score (nSPS) is 23.6. The third-order valence-electron chi connectivity index (χ3n) is 7.58. The van der Waals surface area contributed by atoms with Gasteiger partial charge in [0.05, 0.1) is 0 Å². The van der Waals surface area contributed by atoms with Crippen LogP contribution < -0.4 is 19.9 Å². The summed E-state index contributed by atoms with van der Waals surface area (Å²) in [5.41, 5.74) is 0.913. The second-order valence-electron chi connectivity index (χ2n) is 10.0. The van der Waals surface area contributed by atoms with Gasteiger partial charge in [-0.1, -0.05) is 12.1 Å². The molecule has 1 unspecified atom stereocenters. The first-order chi connectivity index (χ1) is 17.0. The summed E-state index contributed by atoms with van der Waals surface area (Å²) in [6.07, 6.45) is 2.64. The highest BCUT2D eigenvalue weighted by Crippen LogP contribution is 2.35. The SMILES string of the molecule is CNCC(O)COc1cccc(-c2nc(N(C)C3CCOCC3)cc(N3C[C@@H]4C[C@H]3CN4C)n2)c1. The van der Waals surface area contributed by atoms with Gasteiger partial charge in [-0.3, -0.25) is 4.90 Å². The molecule has 0 aliphatic carbocycles. The number of likely N-dealkylation sites (tertiary alicyclic amines) is 1. The summed E-state index contributed by atoms with van der Waals surface area (Å²) in [4.78, 5) is 17.3. The van der Waals surface area contributed by atoms with Crippen molar-refractivity contribution in [1.82, 2.24) is 20.2 Å². The van der Waals surface area contributed by atoms with Crippen LogP contribution in [0, 0.1) is 0 Å². The van der Waals surface area contributed by atoms with E-state index in [-0.39, 0.29) is 6.61 Å². The van der Waals surface area contributed by atoms with Crippen molar-refractivity contribution in [1.29, 1.82) is 0 Å². The first-order valence-electron chi connectivity index (χ1n) is 12.7. The van der Waals surface area contributed by atoms with E-state index in [9.17, 15) is 5.11 Å². The van der Waals surface area contributed by atoms with Crippen LogP contribution in [0.2, 0.25) is 0 Å². The number of ether oxygens (including phenoxy) is 2. The molecule has 2 bridgehead atoms. The summed E-state index contributed by atoms with van der Waals surface area (Å²) >= 11 is 0. The van der Waals surface area contributed by atoms with Crippen LogP contribution in [0.3, 0.4) is 0 Å². The summed E-state index contributed by atoms with van der Waals surface area (Å²) in [6, 6.07) is 11.5. The van der Waals surface area contributed by atoms with Gasteiger partial charge in [0, 0.05) is 69.7 Å². The molecule has 3 aliphatic heterocycles. The number of hydrogen-bond donors (Lipinski definition) is 2. The first-order valence-corrected chi connectivity index (χ1v) is 12.7. The first kappa shape index (κ1) is 24.2. The van der Waals surface area contributed by atoms with E-state index in [1.165, 1.54) is 6.42 Å². The van der Waals surface area contributed by atoms with E-state index in [2.05, 4.69) is 40.2 Å². The summed E-state index contributed by atoms with van der Waals surface area (Å²) in [5, 5.41) is 13.0. The number of likely N-dealkylation sites (N-methyl/N-ethyl adjacent to an activating group) is 2. The average molecular weight is 483 g/mol. The number of nitrogens with zero attached hydrogens (tertiary/aromatic N) is 5. The minimum atomic E-state index is -0.563. The number of aromatic nitrogens is 2. The fourth-order valence-corrected chi connectivity index (χ4v) is 5.50. The van der Waals surface area contributed by atoms with E-state index in [1.54, 1.807) is 0 Å². The number of benzene rings is 1. The number of nitrogens with one attached hydrogen (secondary N) is 1. The van der Waals surface area contributed by atoms with Crippen LogP contribution in [-0.4, -0.2) is 105 Å². The van der Waals surface area contributed by atoms with Crippen LogP contribution in [0.1, 0.15) is 19.3 Å². The Hall–Kier alpha value is -2.46. The molecule has 1 aromatic heterocycles. The van der Waals surface area contributed by atoms with E-state index in [0.29, 0.717) is 36.2 Å². The van der Waals surface area contributed by atoms with Gasteiger partial charge in [-0.25, -0.2) is 9.97 Å². The van der Waals surface area contributed by atoms with Crippen LogP contribution >= 0.6 is 0 Å². The van der Waals surface area contributed by atoms with Crippen LogP contribution in [-0.2, 0) is 4.74 Å². The minimum Gasteiger partial charge on any atom is -0.491 e. The van der Waals surface area contributed by atoms with Gasteiger partial charge in [0.2, 0.25) is 0 Å². The molecule has 0 amide bonds. The molecule has 5 rings (SSSR count). The Morgan fingerprint density at radius 2 is 2.03 bits per heavy atom. The number of hydrogen-bond acceptors (Lipinski definition) is 9. The molecule has 1 aromatic carbocycles. The number of aliphatic hydroxyl groups excluding tert-OH is 1. The van der Waals surface area contributed by atoms with Gasteiger partial charge in [0.25, 0.3) is 0 Å². The predicted molar refractivity (Wildman–Crippen MR) is 137 cm³/mol. The zero-order chi connectivity index (χ0) is 24.4. The Kier molecular flexibility index (Phi) is 7.38. The van der Waals surface area contributed by atoms with Gasteiger partial charge in [-0.15, -0.1) is 0 Å². The maximum atomic E-state index is 10.0. The quantitative estimate of drug-likeness (QED) is 0.554. The summed E-state index contributed by atoms with van der Waals surface area (Å²) < 4.78 is 11.4. The van der Waals surface area contributed by atoms with Crippen molar-refractivity contribution in [3.8, 4) is 17.1 Å². The highest BCUT2D eigenvalue weighted by Gasteiger charge is 2.42. The molecule has 0 radical (unpaired) electrons. The lowest BCUT2D eigenvalue weighted by molar-refractivity contribution is 0.0853. The Labute approximate surface area is 208 Å². The Morgan fingerprint density at radius 3 is 2.74 bits per heavy atom. The number of fused-ring (bicyclic) bond motifs is 2. The fourth-order valence-electron chi connectivity index (χ4n) is 5.50. The van der Waals surface area contributed by atoms with Crippen molar-refractivity contribution >= 4 is 11.6 Å². The topological polar surface area (TPSA) is 86.2 Å². The molecule has 2 N–H and O–H groups in total. The molecular weight excluding hydrogens is 444 g/mol. The molecule has 9 heteroatoms. The maximum absolute atomic E-state index is 10.0. The summed E-state index contributed by atoms with van der Waals surface area (Å²) in [6.45, 7) is 4.38. The van der Waals surface area contributed by atoms with Crippen molar-refractivity contribution in [2.24, 2.45) is 0 Å². The van der Waals surface area contributed by atoms with Gasteiger partial charge in [0.1, 0.15) is 30.1 Å². The minimum absolute atomic E-state index is 0.229. The van der Waals surface area contributed by atoms with E-state index in [4.69, 9.17) is 19.4 Å². The Morgan fingerprint density at radius 1 is 1.20 bits per heavy atom. The molecule has 35 heavy (non-hydrogen) atoms. The van der Waals surface area contributed by atoms with Gasteiger partial charge < -0.3 is 29.7 Å². The summed E-state index contributed by atoms with van der Waals surface area (Å²) in [7, 11) is 6.17. The molecule has 4 heterocycles. The molecule has 0 spiro atoms. The highest BCUT2D eigenvalue weighted by atomic mass is 16.5. The van der Waals surface area contributed by atoms with Crippen LogP contribution in [0.15, 0.2) is 30.3 Å². The Balaban J connectivity index is 1.44. The molecule has 3 saturated heterocycles. The van der Waals surface area contributed by atoms with E-state index in [1.807, 2.05) is 31.3 Å². The van der Waals surface area contributed by atoms with Crippen LogP contribution in [0.5, 0.6) is 5.75 Å². The van der Waals surface area contributed by atoms with Crippen molar-refractivity contribution < 1.29 is 14.6 Å². The van der Waals surface area contributed by atoms with E-state index < -0.39 is 6.10 Å². The second kappa shape index (κ2) is 10.7. The second-order valence-corrected chi connectivity index (χ2v) is 10.0. The molecule has 9 nitrogen and oxygen atoms in total. The molecule has 190 valence electrons. The molecule has 3 fully saturated rings. The molecule has 3 atom stereocenters. The van der Waals surface area contributed by atoms with Crippen molar-refractivity contribution in [2.75, 3.05) is 70.4 Å². The lowest BCUT2D eigenvalue weighted by atomic mass is 10.1. The number of piperazine rings is 1. The number of aliphatic hydroxyl groups is 1. The standard InChI is InChI=1S/C26H38N6O3/c1-27-14-22(33)17-35-23-6-4-5-18(11-23)26-28-24(31(3)19-7-9-34-10-8-19)13-25(29-26)32-16-20-12-21(32)15-30(20)2/h4-6,11,13,19-22,27,33H,7-10,12,14-17H2,1-3H3/t20-,21-,22?/m0/s1. The van der Waals surface area contributed by atoms with Crippen molar-refractivity contribution in [3.05, 3.63) is 30.3 Å². The Bertz CT molecular complexity index is 999. The van der Waals surface area contributed by atoms with Crippen LogP contribution in [0.4, 0.5) is 11.6 Å². The van der Waals surface area contributed by atoms with E-state index in [0.717, 1.165) is 56.3 Å². The van der Waals surface area contributed by atoms with Gasteiger partial charge in [-0.2, -0.15) is 0 Å². The van der Waals surface area contributed by atoms with E-state index >= 15 is 0 Å². The molecular formula is C26H38N6O3. The smallest absolute Gasteiger partial charge is 0.163 e. The molecule has 2 aromatic rings. The lowest BCUT2D eigenvalue weighted by Gasteiger charge is -2.35. The third kappa shape index (κ3) is 5.38. The average Bonchev–Trinajstić information content (AvgIpc) is 3.47. The van der Waals surface area contributed by atoms with Gasteiger partial charge in [0.15, 0.2) is 5.82 Å². The number of rotatable bonds is 9. The zero-order valence-corrected chi connectivity index (χ0v) is 21.1. The van der Waals surface area contributed by atoms with Crippen molar-refractivity contribution in [2.45, 2.75) is 43.5 Å².